The molecule has 1 aromatic carbocycles. The molecule has 1 saturated heterocycles. The monoisotopic (exact) mass is 486 g/mol. The molecule has 0 spiro atoms. The predicted octanol–water partition coefficient (Wildman–Crippen LogP) is 1.55. The van der Waals surface area contributed by atoms with Gasteiger partial charge in [-0.1, -0.05) is 0 Å². The van der Waals surface area contributed by atoms with Crippen molar-refractivity contribution < 1.29 is 28.9 Å². The Labute approximate surface area is 147 Å². The fraction of sp³-hybridized carbons (Fsp3) is 0.500. The van der Waals surface area contributed by atoms with Crippen LogP contribution in [-0.2, 0) is 24.1 Å². The molecule has 2 N–H and O–H groups in total. The molecule has 1 aromatic rings. The summed E-state index contributed by atoms with van der Waals surface area (Å²) in [6.45, 7) is 6.38. The third kappa shape index (κ3) is 3.43. The Balaban J connectivity index is 1.75. The Kier molecular flexibility index (Phi) is 4.74. The van der Waals surface area contributed by atoms with Crippen molar-refractivity contribution in [2.24, 2.45) is 0 Å². The molecule has 1 fully saturated rings. The van der Waals surface area contributed by atoms with Crippen LogP contribution in [0.1, 0.15) is 13.8 Å². The second-order valence-electron chi connectivity index (χ2n) is 6.10. The number of fused-ring (bicyclic) bond motifs is 1. The number of nitrogens with one attached hydrogen (secondary N) is 2. The molecular formula is C16H22N4O2W. The van der Waals surface area contributed by atoms with Gasteiger partial charge in [-0.05, 0) is 6.92 Å². The van der Waals surface area contributed by atoms with Gasteiger partial charge in [-0.15, -0.1) is 0 Å². The van der Waals surface area contributed by atoms with Crippen LogP contribution in [-0.4, -0.2) is 48.9 Å². The van der Waals surface area contributed by atoms with Gasteiger partial charge in [-0.2, -0.15) is 0 Å². The van der Waals surface area contributed by atoms with Crippen LogP contribution in [0.5, 0.6) is 0 Å². The third-order valence-corrected chi connectivity index (χ3v) is 4.89. The first-order valence-electron chi connectivity index (χ1n) is 7.79. The number of ether oxygens (including phenoxy) is 1. The van der Waals surface area contributed by atoms with Crippen molar-refractivity contribution in [3.63, 3.8) is 0 Å². The van der Waals surface area contributed by atoms with E-state index in [1.807, 2.05) is 19.1 Å². The van der Waals surface area contributed by atoms with Crippen LogP contribution in [0.15, 0.2) is 18.2 Å². The van der Waals surface area contributed by atoms with Gasteiger partial charge in [-0.25, -0.2) is 0 Å². The van der Waals surface area contributed by atoms with Crippen LogP contribution in [0, 0.1) is 0 Å². The van der Waals surface area contributed by atoms with E-state index in [1.165, 1.54) is 23.4 Å². The molecule has 2 atom stereocenters. The Bertz CT molecular complexity index is 637. The molecule has 6 nitrogen and oxygen atoms in total. The van der Waals surface area contributed by atoms with Crippen LogP contribution < -0.4 is 20.4 Å². The molecule has 0 bridgehead atoms. The van der Waals surface area contributed by atoms with Crippen molar-refractivity contribution in [2.75, 3.05) is 41.8 Å². The molecule has 7 heteroatoms. The van der Waals surface area contributed by atoms with E-state index in [0.717, 1.165) is 23.6 Å². The van der Waals surface area contributed by atoms with E-state index in [4.69, 9.17) is 4.74 Å². The van der Waals surface area contributed by atoms with E-state index in [1.54, 1.807) is 4.90 Å². The van der Waals surface area contributed by atoms with Gasteiger partial charge in [0, 0.05) is 0 Å². The Morgan fingerprint density at radius 2 is 2.30 bits per heavy atom. The zero-order valence-corrected chi connectivity index (χ0v) is 16.6. The van der Waals surface area contributed by atoms with Crippen molar-refractivity contribution in [1.82, 2.24) is 5.32 Å². The number of benzene rings is 1. The molecule has 0 radical (unpaired) electrons. The fourth-order valence-electron chi connectivity index (χ4n) is 2.87. The molecule has 0 aromatic heterocycles. The maximum atomic E-state index is 12.2. The van der Waals surface area contributed by atoms with Crippen molar-refractivity contribution in [3.8, 4) is 0 Å². The SMILES string of the molecule is C[C](=[W])NC[C@H]1CN(c2ccc3c(c2)NCC(C)N3C)C(=O)O1. The first kappa shape index (κ1) is 16.5. The van der Waals surface area contributed by atoms with Crippen molar-refractivity contribution in [1.29, 1.82) is 0 Å². The Morgan fingerprint density at radius 1 is 1.52 bits per heavy atom. The number of likely N-dealkylation sites (N-methyl/N-ethyl adjacent to an activating group) is 1. The molecule has 23 heavy (non-hydrogen) atoms. The van der Waals surface area contributed by atoms with Crippen molar-refractivity contribution >= 4 is 27.2 Å². The van der Waals surface area contributed by atoms with Gasteiger partial charge in [0.25, 0.3) is 0 Å². The standard InChI is InChI=1S/C16H22N4O2.W/c1-4-17-9-13-10-20(16(21)22-13)12-5-6-15-14(7-12)18-8-11(2)19(15)3;/h5-7,11,13,17-18H,8-10H2,1-3H3;/t11?,13-;/m0./s1. The summed E-state index contributed by atoms with van der Waals surface area (Å²) in [6, 6.07) is 6.56. The van der Waals surface area contributed by atoms with Gasteiger partial charge in [-0.3, -0.25) is 0 Å². The third-order valence-electron chi connectivity index (χ3n) is 4.37. The number of hydrogen-bond donors (Lipinski definition) is 2. The van der Waals surface area contributed by atoms with E-state index in [-0.39, 0.29) is 12.2 Å². The summed E-state index contributed by atoms with van der Waals surface area (Å²) < 4.78 is 6.65. The number of amides is 1. The average Bonchev–Trinajstić information content (AvgIpc) is 2.90. The Morgan fingerprint density at radius 3 is 3.04 bits per heavy atom. The molecule has 1 unspecified atom stereocenters. The number of cyclic esters (lactones) is 1. The van der Waals surface area contributed by atoms with Crippen LogP contribution >= 0.6 is 0 Å². The molecule has 1 amide bonds. The molecule has 3 rings (SSSR count). The van der Waals surface area contributed by atoms with Crippen LogP contribution in [0.4, 0.5) is 21.9 Å². The minimum absolute atomic E-state index is 0.108. The van der Waals surface area contributed by atoms with Gasteiger partial charge in [0.1, 0.15) is 0 Å². The number of rotatable bonds is 4. The van der Waals surface area contributed by atoms with Gasteiger partial charge in [0.05, 0.1) is 0 Å². The quantitative estimate of drug-likeness (QED) is 0.677. The summed E-state index contributed by atoms with van der Waals surface area (Å²) >= 11 is 1.40. The number of nitrogens with zero attached hydrogens (tertiary/aromatic N) is 2. The van der Waals surface area contributed by atoms with E-state index < -0.39 is 0 Å². The second-order valence-corrected chi connectivity index (χ2v) is 8.30. The molecule has 124 valence electrons. The summed E-state index contributed by atoms with van der Waals surface area (Å²) in [7, 11) is 2.10. The van der Waals surface area contributed by atoms with Gasteiger partial charge < -0.3 is 0 Å². The zero-order valence-electron chi connectivity index (χ0n) is 13.6. The van der Waals surface area contributed by atoms with Crippen molar-refractivity contribution in [3.05, 3.63) is 18.2 Å². The summed E-state index contributed by atoms with van der Waals surface area (Å²) in [5, 5.41) is 6.71. The van der Waals surface area contributed by atoms with E-state index in [2.05, 4.69) is 35.6 Å². The number of carbonyl (C=O) groups excluding carboxylic acids is 1. The van der Waals surface area contributed by atoms with E-state index >= 15 is 0 Å². The molecule has 2 heterocycles. The summed E-state index contributed by atoms with van der Waals surface area (Å²) in [6.07, 6.45) is -0.376. The van der Waals surface area contributed by atoms with E-state index in [9.17, 15) is 4.79 Å². The number of anilines is 3. The van der Waals surface area contributed by atoms with Gasteiger partial charge >= 0.3 is 140 Å². The zero-order chi connectivity index (χ0) is 16.6. The normalized spacial score (nSPS) is 23.3. The summed E-state index contributed by atoms with van der Waals surface area (Å²) in [4.78, 5) is 16.1. The maximum absolute atomic E-state index is 12.2. The molecular weight excluding hydrogens is 464 g/mol. The van der Waals surface area contributed by atoms with Crippen LogP contribution in [0.25, 0.3) is 0 Å². The average molecular weight is 486 g/mol. The van der Waals surface area contributed by atoms with E-state index in [0.29, 0.717) is 19.1 Å². The number of carbonyl (C=O) groups is 1. The first-order valence-corrected chi connectivity index (χ1v) is 9.25. The minimum atomic E-state index is -0.268. The van der Waals surface area contributed by atoms with Crippen molar-refractivity contribution in [2.45, 2.75) is 26.0 Å². The van der Waals surface area contributed by atoms with Gasteiger partial charge in [0.2, 0.25) is 0 Å². The number of hydrogen-bond acceptors (Lipinski definition) is 5. The van der Waals surface area contributed by atoms with Crippen LogP contribution in [0.3, 0.4) is 0 Å². The van der Waals surface area contributed by atoms with Gasteiger partial charge in [0.15, 0.2) is 0 Å². The van der Waals surface area contributed by atoms with Crippen LogP contribution in [0.2, 0.25) is 0 Å². The predicted molar refractivity (Wildman–Crippen MR) is 89.1 cm³/mol. The second kappa shape index (κ2) is 6.62. The molecule has 2 aliphatic rings. The summed E-state index contributed by atoms with van der Waals surface area (Å²) in [5.74, 6) is 0. The first-order chi connectivity index (χ1) is 11.0. The summed E-state index contributed by atoms with van der Waals surface area (Å²) in [5.41, 5.74) is 3.12. The fourth-order valence-corrected chi connectivity index (χ4v) is 3.17. The molecule has 0 aliphatic carbocycles. The Hall–Kier alpha value is -1.39. The molecule has 0 saturated carbocycles. The topological polar surface area (TPSA) is 56.8 Å². The molecule has 2 aliphatic heterocycles.